The van der Waals surface area contributed by atoms with Crippen molar-refractivity contribution in [3.05, 3.63) is 89.0 Å². The number of fused-ring (bicyclic) bond motifs is 4. The molecule has 0 bridgehead atoms. The minimum absolute atomic E-state index is 0.145. The Morgan fingerprint density at radius 1 is 0.897 bits per heavy atom. The topological polar surface area (TPSA) is 43.3 Å². The first-order valence-corrected chi connectivity index (χ1v) is 9.84. The van der Waals surface area contributed by atoms with E-state index in [4.69, 9.17) is 19.3 Å². The van der Waals surface area contributed by atoms with Crippen LogP contribution >= 0.6 is 0 Å². The van der Waals surface area contributed by atoms with Crippen LogP contribution in [0.15, 0.2) is 71.8 Å². The Morgan fingerprint density at radius 3 is 2.62 bits per heavy atom. The molecule has 2 atom stereocenters. The molecule has 3 heterocycles. The highest BCUT2D eigenvalue weighted by Crippen LogP contribution is 2.48. The Kier molecular flexibility index (Phi) is 3.57. The lowest BCUT2D eigenvalue weighted by molar-refractivity contribution is -0.0191. The lowest BCUT2D eigenvalue weighted by Gasteiger charge is -2.38. The van der Waals surface area contributed by atoms with Crippen LogP contribution in [0.4, 0.5) is 0 Å². The fourth-order valence-corrected chi connectivity index (χ4v) is 4.24. The Balaban J connectivity index is 1.44. The minimum atomic E-state index is -0.313. The Bertz CT molecular complexity index is 1120. The van der Waals surface area contributed by atoms with E-state index in [9.17, 15) is 0 Å². The number of hydrogen-bond acceptors (Lipinski definition) is 5. The van der Waals surface area contributed by atoms with Crippen LogP contribution in [0.5, 0.6) is 17.2 Å². The van der Waals surface area contributed by atoms with E-state index < -0.39 is 0 Å². The van der Waals surface area contributed by atoms with Gasteiger partial charge in [0.2, 0.25) is 13.0 Å². The summed E-state index contributed by atoms with van der Waals surface area (Å²) in [4.78, 5) is 0. The fraction of sp³-hybridized carbons (Fsp3) is 0.208. The van der Waals surface area contributed by atoms with Crippen molar-refractivity contribution in [2.45, 2.75) is 25.6 Å². The summed E-state index contributed by atoms with van der Waals surface area (Å²) in [6.07, 6.45) is 0.539. The normalized spacial score (nSPS) is 21.3. The summed E-state index contributed by atoms with van der Waals surface area (Å²) in [7, 11) is 0. The molecule has 0 amide bonds. The molecule has 0 N–H and O–H groups in total. The maximum atomic E-state index is 6.42. The van der Waals surface area contributed by atoms with E-state index in [-0.39, 0.29) is 19.1 Å². The summed E-state index contributed by atoms with van der Waals surface area (Å²) in [6, 6.07) is 22.9. The van der Waals surface area contributed by atoms with Gasteiger partial charge >= 0.3 is 0 Å². The summed E-state index contributed by atoms with van der Waals surface area (Å²) in [5.74, 6) is 2.44. The maximum absolute atomic E-state index is 6.42. The zero-order valence-electron chi connectivity index (χ0n) is 16.0. The van der Waals surface area contributed by atoms with Crippen molar-refractivity contribution in [2.75, 3.05) is 6.79 Å². The van der Waals surface area contributed by atoms with Crippen LogP contribution in [0.2, 0.25) is 0 Å². The van der Waals surface area contributed by atoms with Gasteiger partial charge in [0.1, 0.15) is 5.75 Å². The number of para-hydroxylation sites is 1. The highest BCUT2D eigenvalue weighted by molar-refractivity contribution is 6.02. The van der Waals surface area contributed by atoms with Crippen molar-refractivity contribution in [3.63, 3.8) is 0 Å². The first-order chi connectivity index (χ1) is 14.3. The van der Waals surface area contributed by atoms with Gasteiger partial charge in [-0.05, 0) is 36.8 Å². The van der Waals surface area contributed by atoms with E-state index in [1.165, 1.54) is 11.1 Å². The molecule has 0 aliphatic carbocycles. The summed E-state index contributed by atoms with van der Waals surface area (Å²) in [6.45, 7) is 2.36. The average molecular weight is 384 g/mol. The van der Waals surface area contributed by atoms with Crippen molar-refractivity contribution < 1.29 is 14.2 Å². The lowest BCUT2D eigenvalue weighted by atomic mass is 9.95. The van der Waals surface area contributed by atoms with Crippen LogP contribution in [-0.4, -0.2) is 17.5 Å². The number of rotatable bonds is 2. The van der Waals surface area contributed by atoms with E-state index in [1.54, 1.807) is 0 Å². The Morgan fingerprint density at radius 2 is 1.72 bits per heavy atom. The van der Waals surface area contributed by atoms with E-state index in [1.807, 2.05) is 30.3 Å². The van der Waals surface area contributed by atoms with Gasteiger partial charge in [0, 0.05) is 17.5 Å². The molecule has 3 aromatic carbocycles. The van der Waals surface area contributed by atoms with E-state index in [0.29, 0.717) is 0 Å². The highest BCUT2D eigenvalue weighted by Gasteiger charge is 2.41. The summed E-state index contributed by atoms with van der Waals surface area (Å²) in [5.41, 5.74) is 5.67. The van der Waals surface area contributed by atoms with Crippen LogP contribution in [0.1, 0.15) is 40.9 Å². The molecular formula is C24H20N2O3. The third-order valence-corrected chi connectivity index (χ3v) is 5.77. The van der Waals surface area contributed by atoms with Gasteiger partial charge in [-0.25, -0.2) is 5.01 Å². The molecule has 0 fully saturated rings. The molecule has 144 valence electrons. The molecule has 6 rings (SSSR count). The standard InChI is InChI=1S/C24H20N2O3/c1-15-6-8-16(9-7-15)19-13-20-18-4-2-3-5-21(18)29-24(26(20)25-19)17-10-11-22-23(12-17)28-14-27-22/h2-12,20,24H,13-14H2,1H3/t20-,24-/m0/s1. The first kappa shape index (κ1) is 16.5. The third kappa shape index (κ3) is 2.65. The molecule has 29 heavy (non-hydrogen) atoms. The van der Waals surface area contributed by atoms with Gasteiger partial charge in [0.15, 0.2) is 11.5 Å². The van der Waals surface area contributed by atoms with Crippen LogP contribution in [0, 0.1) is 6.92 Å². The zero-order chi connectivity index (χ0) is 19.4. The second-order valence-corrected chi connectivity index (χ2v) is 7.63. The fourth-order valence-electron chi connectivity index (χ4n) is 4.24. The zero-order valence-corrected chi connectivity index (χ0v) is 16.0. The molecule has 0 radical (unpaired) electrons. The smallest absolute Gasteiger partial charge is 0.231 e. The van der Waals surface area contributed by atoms with Crippen molar-refractivity contribution in [1.82, 2.24) is 5.01 Å². The Labute approximate surface area is 169 Å². The summed E-state index contributed by atoms with van der Waals surface area (Å²) < 4.78 is 17.5. The number of hydrogen-bond donors (Lipinski definition) is 0. The Hall–Kier alpha value is -3.47. The van der Waals surface area contributed by atoms with Gasteiger partial charge in [-0.1, -0.05) is 48.0 Å². The molecule has 0 saturated heterocycles. The molecule has 3 aliphatic rings. The predicted octanol–water partition coefficient (Wildman–Crippen LogP) is 4.97. The van der Waals surface area contributed by atoms with Gasteiger partial charge < -0.3 is 14.2 Å². The first-order valence-electron chi connectivity index (χ1n) is 9.84. The monoisotopic (exact) mass is 384 g/mol. The van der Waals surface area contributed by atoms with Crippen molar-refractivity contribution >= 4 is 5.71 Å². The molecule has 5 nitrogen and oxygen atoms in total. The highest BCUT2D eigenvalue weighted by atomic mass is 16.7. The summed E-state index contributed by atoms with van der Waals surface area (Å²) in [5, 5.41) is 7.11. The number of hydrazone groups is 1. The van der Waals surface area contributed by atoms with E-state index in [2.05, 4.69) is 48.3 Å². The maximum Gasteiger partial charge on any atom is 0.231 e. The molecule has 0 aromatic heterocycles. The molecule has 3 aliphatic heterocycles. The van der Waals surface area contributed by atoms with Crippen LogP contribution < -0.4 is 14.2 Å². The molecule has 3 aromatic rings. The molecule has 5 heteroatoms. The van der Waals surface area contributed by atoms with Gasteiger partial charge in [-0.2, -0.15) is 5.10 Å². The van der Waals surface area contributed by atoms with Gasteiger partial charge in [0.25, 0.3) is 0 Å². The van der Waals surface area contributed by atoms with E-state index in [0.717, 1.165) is 40.5 Å². The summed E-state index contributed by atoms with van der Waals surface area (Å²) >= 11 is 0. The third-order valence-electron chi connectivity index (χ3n) is 5.77. The molecule has 0 saturated carbocycles. The van der Waals surface area contributed by atoms with Crippen molar-refractivity contribution in [3.8, 4) is 17.2 Å². The van der Waals surface area contributed by atoms with Crippen LogP contribution in [-0.2, 0) is 0 Å². The predicted molar refractivity (Wildman–Crippen MR) is 109 cm³/mol. The molecule has 0 unspecified atom stereocenters. The average Bonchev–Trinajstić information content (AvgIpc) is 3.40. The van der Waals surface area contributed by atoms with Gasteiger partial charge in [0.05, 0.1) is 11.8 Å². The largest absolute Gasteiger partial charge is 0.464 e. The number of aryl methyl sites for hydroxylation is 1. The SMILES string of the molecule is Cc1ccc(C2=NN3[C@@H](C2)c2ccccc2O[C@H]3c2ccc3c(c2)OCO3)cc1. The van der Waals surface area contributed by atoms with E-state index >= 15 is 0 Å². The van der Waals surface area contributed by atoms with Gasteiger partial charge in [-0.3, -0.25) is 0 Å². The molecular weight excluding hydrogens is 364 g/mol. The van der Waals surface area contributed by atoms with Crippen LogP contribution in [0.3, 0.4) is 0 Å². The second kappa shape index (κ2) is 6.27. The number of ether oxygens (including phenoxy) is 3. The van der Waals surface area contributed by atoms with Crippen LogP contribution in [0.25, 0.3) is 0 Å². The minimum Gasteiger partial charge on any atom is -0.464 e. The quantitative estimate of drug-likeness (QED) is 0.626. The van der Waals surface area contributed by atoms with Crippen molar-refractivity contribution in [1.29, 1.82) is 0 Å². The van der Waals surface area contributed by atoms with Gasteiger partial charge in [-0.15, -0.1) is 0 Å². The molecule has 0 spiro atoms. The lowest BCUT2D eigenvalue weighted by Crippen LogP contribution is -2.33. The van der Waals surface area contributed by atoms with Crippen molar-refractivity contribution in [2.24, 2.45) is 5.10 Å². The number of benzene rings is 3. The second-order valence-electron chi connectivity index (χ2n) is 7.63. The number of nitrogens with zero attached hydrogens (tertiary/aromatic N) is 2.